The highest BCUT2D eigenvalue weighted by molar-refractivity contribution is 5.90. The Balaban J connectivity index is 1.94. The lowest BCUT2D eigenvalue weighted by molar-refractivity contribution is -0.494. The highest BCUT2D eigenvalue weighted by Gasteiger charge is 2.50. The van der Waals surface area contributed by atoms with Crippen LogP contribution >= 0.6 is 0 Å². The predicted molar refractivity (Wildman–Crippen MR) is 63.5 cm³/mol. The molecule has 0 bridgehead atoms. The largest absolute Gasteiger partial charge is 0.317 e. The maximum Gasteiger partial charge on any atom is 0.235 e. The van der Waals surface area contributed by atoms with Gasteiger partial charge in [-0.15, -0.1) is 0 Å². The van der Waals surface area contributed by atoms with Gasteiger partial charge in [-0.3, -0.25) is 4.79 Å². The minimum Gasteiger partial charge on any atom is -0.317 e. The molecule has 4 heteroatoms. The van der Waals surface area contributed by atoms with Gasteiger partial charge < -0.3 is 5.32 Å². The topological polar surface area (TPSA) is 44.5 Å². The molecule has 0 radical (unpaired) electrons. The van der Waals surface area contributed by atoms with E-state index in [0.717, 1.165) is 31.6 Å². The van der Waals surface area contributed by atoms with E-state index in [0.29, 0.717) is 6.54 Å². The lowest BCUT2D eigenvalue weighted by Crippen LogP contribution is -2.44. The normalized spacial score (nSPS) is 22.8. The summed E-state index contributed by atoms with van der Waals surface area (Å²) in [5, 5.41) is 7.95. The Morgan fingerprint density at radius 3 is 2.59 bits per heavy atom. The van der Waals surface area contributed by atoms with E-state index < -0.39 is 5.54 Å². The minimum atomic E-state index is -0.443. The standard InChI is InChI=1S/C13H16N3O/c17-12-10-16(11-4-2-1-3-5-11)15-13(12)6-8-14-9-7-13/h1-5,14H,6-10H2/q+1. The van der Waals surface area contributed by atoms with Crippen molar-refractivity contribution in [2.75, 3.05) is 19.6 Å². The van der Waals surface area contributed by atoms with E-state index in [1.807, 2.05) is 35.0 Å². The molecule has 0 amide bonds. The number of nitrogens with zero attached hydrogens (tertiary/aromatic N) is 2. The van der Waals surface area contributed by atoms with E-state index >= 15 is 0 Å². The molecule has 0 aliphatic carbocycles. The van der Waals surface area contributed by atoms with Crippen LogP contribution in [0.4, 0.5) is 5.69 Å². The Morgan fingerprint density at radius 1 is 1.18 bits per heavy atom. The van der Waals surface area contributed by atoms with Gasteiger partial charge in [0.15, 0.2) is 5.54 Å². The van der Waals surface area contributed by atoms with Gasteiger partial charge in [-0.05, 0) is 31.0 Å². The smallest absolute Gasteiger partial charge is 0.235 e. The summed E-state index contributed by atoms with van der Waals surface area (Å²) in [6.45, 7) is 2.19. The molecule has 0 saturated carbocycles. The number of rotatable bonds is 1. The van der Waals surface area contributed by atoms with Crippen LogP contribution in [-0.2, 0) is 4.79 Å². The quantitative estimate of drug-likeness (QED) is 0.743. The fraction of sp³-hybridized carbons (Fsp3) is 0.462. The van der Waals surface area contributed by atoms with Crippen LogP contribution in [0.2, 0.25) is 0 Å². The molecular formula is C13H16N3O+. The van der Waals surface area contributed by atoms with Crippen LogP contribution in [0.1, 0.15) is 12.8 Å². The molecule has 2 aliphatic heterocycles. The summed E-state index contributed by atoms with van der Waals surface area (Å²) in [7, 11) is 0. The highest BCUT2D eigenvalue weighted by atomic mass is 16.1. The molecule has 88 valence electrons. The number of nitrogens with one attached hydrogen (secondary N) is 1. The van der Waals surface area contributed by atoms with E-state index in [2.05, 4.69) is 10.4 Å². The molecule has 17 heavy (non-hydrogen) atoms. The second kappa shape index (κ2) is 4.04. The molecule has 1 saturated heterocycles. The van der Waals surface area contributed by atoms with Crippen molar-refractivity contribution in [2.24, 2.45) is 5.11 Å². The molecule has 1 aromatic rings. The van der Waals surface area contributed by atoms with Crippen molar-refractivity contribution >= 4 is 11.5 Å². The zero-order chi connectivity index (χ0) is 11.7. The first-order valence-corrected chi connectivity index (χ1v) is 6.10. The third-order valence-corrected chi connectivity index (χ3v) is 3.61. The SMILES string of the molecule is O=C1C[N+](c2ccccc2)=NC12CCNCC2. The van der Waals surface area contributed by atoms with Gasteiger partial charge in [-0.2, -0.15) is 0 Å². The first-order valence-electron chi connectivity index (χ1n) is 6.10. The Kier molecular flexibility index (Phi) is 2.52. The highest BCUT2D eigenvalue weighted by Crippen LogP contribution is 2.31. The van der Waals surface area contributed by atoms with Gasteiger partial charge in [0.05, 0.1) is 0 Å². The van der Waals surface area contributed by atoms with Crippen LogP contribution < -0.4 is 5.32 Å². The van der Waals surface area contributed by atoms with E-state index in [9.17, 15) is 4.79 Å². The number of azo groups is 2. The first kappa shape index (κ1) is 10.6. The molecule has 1 aromatic carbocycles. The zero-order valence-electron chi connectivity index (χ0n) is 9.72. The maximum atomic E-state index is 12.2. The molecule has 2 aliphatic rings. The average Bonchev–Trinajstić information content (AvgIpc) is 2.69. The first-order chi connectivity index (χ1) is 8.30. The summed E-state index contributed by atoms with van der Waals surface area (Å²) < 4.78 is 1.85. The zero-order valence-corrected chi connectivity index (χ0v) is 9.72. The van der Waals surface area contributed by atoms with Gasteiger partial charge in [0.2, 0.25) is 18.0 Å². The number of hydrogen-bond donors (Lipinski definition) is 1. The van der Waals surface area contributed by atoms with Gasteiger partial charge in [0.25, 0.3) is 0 Å². The van der Waals surface area contributed by atoms with Crippen LogP contribution in [0.15, 0.2) is 35.4 Å². The molecule has 1 spiro atoms. The van der Waals surface area contributed by atoms with Gasteiger partial charge in [0, 0.05) is 12.1 Å². The van der Waals surface area contributed by atoms with Crippen molar-refractivity contribution in [1.82, 2.24) is 5.32 Å². The lowest BCUT2D eigenvalue weighted by atomic mass is 9.86. The number of ketones is 1. The number of carbonyl (C=O) groups excluding carboxylic acids is 1. The second-order valence-corrected chi connectivity index (χ2v) is 4.70. The third kappa shape index (κ3) is 1.78. The third-order valence-electron chi connectivity index (χ3n) is 3.61. The summed E-state index contributed by atoms with van der Waals surface area (Å²) in [6, 6.07) is 9.92. The van der Waals surface area contributed by atoms with Crippen molar-refractivity contribution < 1.29 is 9.49 Å². The maximum absolute atomic E-state index is 12.2. The summed E-state index contributed by atoms with van der Waals surface area (Å²) in [4.78, 5) is 12.2. The lowest BCUT2D eigenvalue weighted by Gasteiger charge is -2.24. The van der Waals surface area contributed by atoms with Crippen molar-refractivity contribution in [1.29, 1.82) is 0 Å². The van der Waals surface area contributed by atoms with Crippen molar-refractivity contribution in [3.05, 3.63) is 30.3 Å². The number of para-hydroxylation sites is 1. The van der Waals surface area contributed by atoms with Gasteiger partial charge in [0.1, 0.15) is 0 Å². The molecule has 1 fully saturated rings. The Hall–Kier alpha value is -1.55. The number of carbonyl (C=O) groups is 1. The second-order valence-electron chi connectivity index (χ2n) is 4.70. The van der Waals surface area contributed by atoms with Crippen LogP contribution in [0, 0.1) is 0 Å². The molecule has 3 rings (SSSR count). The van der Waals surface area contributed by atoms with Gasteiger partial charge in [-0.25, -0.2) is 0 Å². The van der Waals surface area contributed by atoms with Crippen LogP contribution in [0.5, 0.6) is 0 Å². The molecule has 4 nitrogen and oxygen atoms in total. The Labute approximate surface area is 100 Å². The summed E-state index contributed by atoms with van der Waals surface area (Å²) >= 11 is 0. The minimum absolute atomic E-state index is 0.267. The van der Waals surface area contributed by atoms with Gasteiger partial charge in [-0.1, -0.05) is 22.9 Å². The molecule has 0 aromatic heterocycles. The Morgan fingerprint density at radius 2 is 1.88 bits per heavy atom. The molecule has 1 N–H and O–H groups in total. The predicted octanol–water partition coefficient (Wildman–Crippen LogP) is 1.49. The molecular weight excluding hydrogens is 214 g/mol. The van der Waals surface area contributed by atoms with E-state index in [1.54, 1.807) is 0 Å². The monoisotopic (exact) mass is 230 g/mol. The molecule has 2 heterocycles. The van der Waals surface area contributed by atoms with Crippen LogP contribution in [0.25, 0.3) is 0 Å². The fourth-order valence-electron chi connectivity index (χ4n) is 2.57. The summed E-state index contributed by atoms with van der Waals surface area (Å²) in [5.41, 5.74) is 0.567. The van der Waals surface area contributed by atoms with E-state index in [1.165, 1.54) is 0 Å². The van der Waals surface area contributed by atoms with E-state index in [4.69, 9.17) is 0 Å². The summed E-state index contributed by atoms with van der Waals surface area (Å²) in [6.07, 6.45) is 1.66. The molecule has 0 unspecified atom stereocenters. The van der Waals surface area contributed by atoms with Crippen molar-refractivity contribution in [3.63, 3.8) is 0 Å². The fourth-order valence-corrected chi connectivity index (χ4v) is 2.57. The number of hydrogen-bond acceptors (Lipinski definition) is 3. The summed E-state index contributed by atoms with van der Waals surface area (Å²) in [5.74, 6) is 0.267. The van der Waals surface area contributed by atoms with Gasteiger partial charge >= 0.3 is 0 Å². The van der Waals surface area contributed by atoms with Crippen molar-refractivity contribution in [3.8, 4) is 0 Å². The van der Waals surface area contributed by atoms with Crippen molar-refractivity contribution in [2.45, 2.75) is 18.4 Å². The Bertz CT molecular complexity index is 461. The number of benzene rings is 1. The van der Waals surface area contributed by atoms with Crippen LogP contribution in [0.3, 0.4) is 0 Å². The van der Waals surface area contributed by atoms with Crippen LogP contribution in [-0.4, -0.2) is 35.7 Å². The average molecular weight is 230 g/mol. The number of piperidine rings is 1. The number of Topliss-reactive ketones (excluding diaryl/α,β-unsaturated/α-hetero) is 1. The molecule has 0 atom stereocenters. The van der Waals surface area contributed by atoms with E-state index in [-0.39, 0.29) is 5.78 Å².